The highest BCUT2D eigenvalue weighted by Gasteiger charge is 2.18. The lowest BCUT2D eigenvalue weighted by atomic mass is 9.91. The first-order chi connectivity index (χ1) is 22.9. The van der Waals surface area contributed by atoms with Crippen LogP contribution in [0.25, 0.3) is 6.08 Å². The second-order valence-corrected chi connectivity index (χ2v) is 14.9. The first kappa shape index (κ1) is 45.0. The van der Waals surface area contributed by atoms with Crippen LogP contribution in [0, 0.1) is 25.2 Å². The van der Waals surface area contributed by atoms with Gasteiger partial charge < -0.3 is 16.0 Å². The van der Waals surface area contributed by atoms with Gasteiger partial charge in [-0.25, -0.2) is 17.7 Å². The van der Waals surface area contributed by atoms with Gasteiger partial charge in [-0.3, -0.25) is 9.59 Å². The van der Waals surface area contributed by atoms with Crippen LogP contribution < -0.4 is 11.1 Å². The number of unbranched alkanes of at least 4 members (excludes halogenated alkanes) is 2. The van der Waals surface area contributed by atoms with E-state index in [4.69, 9.17) is 12.2 Å². The lowest BCUT2D eigenvalue weighted by Gasteiger charge is -2.22. The number of carbonyl (C=O) groups is 2. The maximum atomic E-state index is 11.7. The summed E-state index contributed by atoms with van der Waals surface area (Å²) >= 11 is 1.51. The minimum Gasteiger partial charge on any atom is -0.370 e. The summed E-state index contributed by atoms with van der Waals surface area (Å²) in [5.74, 6) is 2.77. The molecule has 1 heterocycles. The number of rotatable bonds is 15. The summed E-state index contributed by atoms with van der Waals surface area (Å²) in [6, 6.07) is 10.3. The molecule has 0 atom stereocenters. The van der Waals surface area contributed by atoms with Crippen molar-refractivity contribution in [3.05, 3.63) is 58.1 Å². The fourth-order valence-corrected chi connectivity index (χ4v) is 6.10. The van der Waals surface area contributed by atoms with Crippen LogP contribution in [0.5, 0.6) is 0 Å². The van der Waals surface area contributed by atoms with E-state index >= 15 is 0 Å². The summed E-state index contributed by atoms with van der Waals surface area (Å²) in [5, 5.41) is 4.76. The van der Waals surface area contributed by atoms with Crippen LogP contribution >= 0.6 is 11.3 Å². The highest BCUT2D eigenvalue weighted by atomic mass is 32.2. The van der Waals surface area contributed by atoms with Crippen LogP contribution in [0.2, 0.25) is 0 Å². The number of hydrogen-bond donors (Lipinski definition) is 2. The molecule has 3 rings (SSSR count). The molecule has 2 aromatic rings. The van der Waals surface area contributed by atoms with Gasteiger partial charge in [0, 0.05) is 50.5 Å². The molecule has 9 nitrogen and oxygen atoms in total. The molecule has 1 fully saturated rings. The molecule has 1 saturated carbocycles. The largest absolute Gasteiger partial charge is 0.370 e. The van der Waals surface area contributed by atoms with Crippen molar-refractivity contribution in [3.8, 4) is 12.3 Å². The van der Waals surface area contributed by atoms with Crippen molar-refractivity contribution in [3.63, 3.8) is 0 Å². The van der Waals surface area contributed by atoms with Crippen LogP contribution in [0.1, 0.15) is 96.7 Å². The molecule has 1 aromatic heterocycles. The van der Waals surface area contributed by atoms with Crippen LogP contribution in [0.3, 0.4) is 0 Å². The number of carbonyl (C=O) groups excluding carboxylic acids is 2. The third-order valence-electron chi connectivity index (χ3n) is 7.75. The molecule has 1 aliphatic carbocycles. The second-order valence-electron chi connectivity index (χ2n) is 11.9. The molecule has 270 valence electrons. The number of amides is 2. The quantitative estimate of drug-likeness (QED) is 0.124. The Morgan fingerprint density at radius 2 is 1.75 bits per heavy atom. The zero-order valence-corrected chi connectivity index (χ0v) is 31.9. The number of nitrogens with two attached hydrogens (primary N) is 1. The van der Waals surface area contributed by atoms with E-state index in [0.717, 1.165) is 44.0 Å². The number of nitrogens with one attached hydrogen (secondary N) is 1. The Hall–Kier alpha value is -3.04. The molecule has 2 amide bonds. The first-order valence-corrected chi connectivity index (χ1v) is 19.7. The molecule has 0 radical (unpaired) electrons. The summed E-state index contributed by atoms with van der Waals surface area (Å²) in [6.45, 7) is 13.9. The SMILES string of the molecule is C#CCCCCNC(=O)/C(C)=C\c1cscn1.CC1CCCCC1.CCN(CC)CCN(C)S(=O)(=O)CCC(N)=O.Cc1ccccc1. The average Bonchev–Trinajstić information content (AvgIpc) is 3.59. The van der Waals surface area contributed by atoms with Crippen molar-refractivity contribution < 1.29 is 18.0 Å². The second kappa shape index (κ2) is 27.9. The predicted octanol–water partition coefficient (Wildman–Crippen LogP) is 6.51. The minimum absolute atomic E-state index is 0.0429. The Labute approximate surface area is 295 Å². The minimum atomic E-state index is -3.36. The lowest BCUT2D eigenvalue weighted by molar-refractivity contribution is -0.118. The van der Waals surface area contributed by atoms with E-state index < -0.39 is 15.9 Å². The van der Waals surface area contributed by atoms with Gasteiger partial charge in [0.05, 0.1) is 17.0 Å². The molecule has 0 saturated heterocycles. The highest BCUT2D eigenvalue weighted by molar-refractivity contribution is 7.89. The molecule has 1 aliphatic rings. The smallest absolute Gasteiger partial charge is 0.246 e. The molecule has 0 aliphatic heterocycles. The third-order valence-corrected chi connectivity index (χ3v) is 10.2. The molecule has 48 heavy (non-hydrogen) atoms. The standard InChI is InChI=1S/C13H16N2OS.C10H23N3O3S.C7H14.C7H8/c1-3-4-5-6-7-14-13(16)11(2)8-12-9-17-10-15-12;1-4-13(5-2)8-7-12(3)17(15,16)9-6-10(11)14;2*1-7-5-3-2-4-6-7/h1,8-10H,4-7H2,2H3,(H,14,16);4-9H2,1-3H3,(H2,11,14);7H,2-6H2,1H3;2-6H,1H3/b11-8-;;;. The van der Waals surface area contributed by atoms with Crippen LogP contribution in [-0.2, 0) is 19.6 Å². The van der Waals surface area contributed by atoms with Gasteiger partial charge in [-0.05, 0) is 51.8 Å². The summed E-state index contributed by atoms with van der Waals surface area (Å²) in [5.41, 5.74) is 9.51. The Balaban J connectivity index is 0.000000661. The van der Waals surface area contributed by atoms with Crippen molar-refractivity contribution in [1.29, 1.82) is 0 Å². The summed E-state index contributed by atoms with van der Waals surface area (Å²) in [4.78, 5) is 28.5. The van der Waals surface area contributed by atoms with Crippen LogP contribution in [0.4, 0.5) is 0 Å². The molecular weight excluding hydrogens is 643 g/mol. The maximum Gasteiger partial charge on any atom is 0.246 e. The van der Waals surface area contributed by atoms with Crippen molar-refractivity contribution in [2.24, 2.45) is 11.7 Å². The predicted molar refractivity (Wildman–Crippen MR) is 203 cm³/mol. The van der Waals surface area contributed by atoms with Gasteiger partial charge in [0.25, 0.3) is 0 Å². The van der Waals surface area contributed by atoms with E-state index in [-0.39, 0.29) is 18.1 Å². The molecular formula is C37H61N5O4S2. The number of nitrogens with zero attached hydrogens (tertiary/aromatic N) is 3. The fourth-order valence-electron chi connectivity index (χ4n) is 4.46. The topological polar surface area (TPSA) is 126 Å². The van der Waals surface area contributed by atoms with Gasteiger partial charge in [-0.1, -0.05) is 88.8 Å². The normalized spacial score (nSPS) is 13.2. The van der Waals surface area contributed by atoms with Gasteiger partial charge in [0.1, 0.15) is 0 Å². The number of sulfonamides is 1. The van der Waals surface area contributed by atoms with Gasteiger partial charge >= 0.3 is 0 Å². The number of hydrogen-bond acceptors (Lipinski definition) is 7. The van der Waals surface area contributed by atoms with E-state index in [1.165, 1.54) is 60.4 Å². The van der Waals surface area contributed by atoms with Gasteiger partial charge in [0.15, 0.2) is 0 Å². The first-order valence-electron chi connectivity index (χ1n) is 17.1. The summed E-state index contributed by atoms with van der Waals surface area (Å²) in [6.07, 6.45) is 16.9. The zero-order valence-electron chi connectivity index (χ0n) is 30.2. The van der Waals surface area contributed by atoms with Crippen LogP contribution in [0.15, 0.2) is 46.8 Å². The number of terminal acetylenes is 1. The van der Waals surface area contributed by atoms with E-state index in [1.54, 1.807) is 18.5 Å². The number of thiazole rings is 1. The molecule has 1 aromatic carbocycles. The molecule has 0 unspecified atom stereocenters. The Morgan fingerprint density at radius 3 is 2.21 bits per heavy atom. The summed E-state index contributed by atoms with van der Waals surface area (Å²) in [7, 11) is -1.83. The fraction of sp³-hybridized carbons (Fsp3) is 0.595. The number of aryl methyl sites for hydroxylation is 1. The molecule has 3 N–H and O–H groups in total. The van der Waals surface area contributed by atoms with Gasteiger partial charge in [-0.2, -0.15) is 0 Å². The maximum absolute atomic E-state index is 11.7. The molecule has 0 bridgehead atoms. The van der Waals surface area contributed by atoms with Crippen molar-refractivity contribution in [2.45, 2.75) is 92.4 Å². The summed E-state index contributed by atoms with van der Waals surface area (Å²) < 4.78 is 24.7. The number of aromatic nitrogens is 1. The third kappa shape index (κ3) is 24.2. The molecule has 11 heteroatoms. The number of primary amides is 1. The Morgan fingerprint density at radius 1 is 1.10 bits per heavy atom. The van der Waals surface area contributed by atoms with Crippen molar-refractivity contribution in [2.75, 3.05) is 45.5 Å². The average molecular weight is 704 g/mol. The van der Waals surface area contributed by atoms with E-state index in [0.29, 0.717) is 25.2 Å². The van der Waals surface area contributed by atoms with Gasteiger partial charge in [0.2, 0.25) is 21.8 Å². The Bertz CT molecular complexity index is 1280. The van der Waals surface area contributed by atoms with Crippen molar-refractivity contribution >= 4 is 39.3 Å². The molecule has 0 spiro atoms. The van der Waals surface area contributed by atoms with Crippen molar-refractivity contribution in [1.82, 2.24) is 19.5 Å². The van der Waals surface area contributed by atoms with Gasteiger partial charge in [-0.15, -0.1) is 23.7 Å². The highest BCUT2D eigenvalue weighted by Crippen LogP contribution is 2.22. The zero-order chi connectivity index (χ0) is 36.2. The van der Waals surface area contributed by atoms with Crippen LogP contribution in [-0.4, -0.2) is 79.9 Å². The lowest BCUT2D eigenvalue weighted by Crippen LogP contribution is -2.37. The Kier molecular flexibility index (Phi) is 26.1. The van der Waals surface area contributed by atoms with E-state index in [9.17, 15) is 18.0 Å². The number of benzene rings is 1. The van der Waals surface area contributed by atoms with E-state index in [2.05, 4.69) is 47.1 Å². The monoisotopic (exact) mass is 703 g/mol. The van der Waals surface area contributed by atoms with E-state index in [1.807, 2.05) is 37.4 Å². The number of likely N-dealkylation sites (N-methyl/N-ethyl adjacent to an activating group) is 2.